The lowest BCUT2D eigenvalue weighted by atomic mass is 10.1. The van der Waals surface area contributed by atoms with Gasteiger partial charge in [0, 0.05) is 41.0 Å². The predicted molar refractivity (Wildman–Crippen MR) is 184 cm³/mol. The molecule has 4 aromatic carbocycles. The molecule has 1 fully saturated rings. The zero-order chi connectivity index (χ0) is 31.6. The van der Waals surface area contributed by atoms with Crippen molar-refractivity contribution in [2.45, 2.75) is 25.9 Å². The molecule has 2 aromatic heterocycles. The summed E-state index contributed by atoms with van der Waals surface area (Å²) < 4.78 is 9.76. The second-order valence-corrected chi connectivity index (χ2v) is 12.2. The Bertz CT molecular complexity index is 2120. The van der Waals surface area contributed by atoms with Gasteiger partial charge in [-0.25, -0.2) is 4.79 Å². The van der Waals surface area contributed by atoms with Crippen molar-refractivity contribution < 1.29 is 9.53 Å². The molecule has 0 radical (unpaired) electrons. The second kappa shape index (κ2) is 12.7. The number of benzene rings is 4. The van der Waals surface area contributed by atoms with E-state index in [-0.39, 0.29) is 18.1 Å². The number of fused-ring (bicyclic) bond motifs is 3. The average Bonchev–Trinajstić information content (AvgIpc) is 3.77. The minimum absolute atomic E-state index is 0.161. The number of methoxy groups -OCH3 is 1. The molecule has 3 heterocycles. The molecule has 6 aromatic rings. The molecule has 0 bridgehead atoms. The van der Waals surface area contributed by atoms with Crippen molar-refractivity contribution in [2.75, 3.05) is 30.4 Å². The summed E-state index contributed by atoms with van der Waals surface area (Å²) in [6.45, 7) is 2.58. The summed E-state index contributed by atoms with van der Waals surface area (Å²) in [5, 5.41) is 15.6. The molecule has 11 heteroatoms. The van der Waals surface area contributed by atoms with Crippen molar-refractivity contribution in [1.82, 2.24) is 24.5 Å². The standard InChI is InChI=1S/C35H32BrN7O3/c1-46-27-14-11-23(12-15-27)21-37-34(45)38-26-8-6-7-24(19-26)22-42-33(44)28-9-2-3-10-31(28)43-32(39-40-35(42)43)29-20-25(36)13-16-30(29)41-17-4-5-18-41/h2-3,6-16,19-20H,4-5,17-18,21-22H2,1H3,(H2,37,38,45). The van der Waals surface area contributed by atoms with E-state index in [1.807, 2.05) is 77.2 Å². The Morgan fingerprint density at radius 3 is 2.52 bits per heavy atom. The quantitative estimate of drug-likeness (QED) is 0.192. The summed E-state index contributed by atoms with van der Waals surface area (Å²) in [7, 11) is 1.62. The predicted octanol–water partition coefficient (Wildman–Crippen LogP) is 6.45. The van der Waals surface area contributed by atoms with Gasteiger partial charge in [0.1, 0.15) is 5.75 Å². The van der Waals surface area contributed by atoms with Gasteiger partial charge in [0.15, 0.2) is 5.82 Å². The van der Waals surface area contributed by atoms with Crippen molar-refractivity contribution in [2.24, 2.45) is 0 Å². The van der Waals surface area contributed by atoms with E-state index in [0.717, 1.165) is 64.0 Å². The first kappa shape index (κ1) is 29.5. The largest absolute Gasteiger partial charge is 0.497 e. The third-order valence-electron chi connectivity index (χ3n) is 8.29. The van der Waals surface area contributed by atoms with Crippen molar-refractivity contribution in [1.29, 1.82) is 0 Å². The Balaban J connectivity index is 1.21. The fourth-order valence-corrected chi connectivity index (χ4v) is 6.39. The van der Waals surface area contributed by atoms with Crippen molar-refractivity contribution in [3.8, 4) is 17.1 Å². The summed E-state index contributed by atoms with van der Waals surface area (Å²) >= 11 is 3.65. The van der Waals surface area contributed by atoms with Crippen LogP contribution >= 0.6 is 15.9 Å². The minimum atomic E-state index is -0.330. The number of nitrogens with one attached hydrogen (secondary N) is 2. The first-order valence-electron chi connectivity index (χ1n) is 15.2. The number of ether oxygens (including phenoxy) is 1. The molecule has 2 N–H and O–H groups in total. The number of hydrogen-bond donors (Lipinski definition) is 2. The highest BCUT2D eigenvalue weighted by atomic mass is 79.9. The highest BCUT2D eigenvalue weighted by Crippen LogP contribution is 2.35. The van der Waals surface area contributed by atoms with Gasteiger partial charge < -0.3 is 20.3 Å². The van der Waals surface area contributed by atoms with E-state index in [9.17, 15) is 9.59 Å². The summed E-state index contributed by atoms with van der Waals surface area (Å²) in [6, 6.07) is 28.5. The molecular formula is C35H32BrN7O3. The number of rotatable bonds is 8. The molecule has 232 valence electrons. The fourth-order valence-electron chi connectivity index (χ4n) is 6.03. The van der Waals surface area contributed by atoms with Gasteiger partial charge in [0.2, 0.25) is 5.78 Å². The number of halogens is 1. The third-order valence-corrected chi connectivity index (χ3v) is 8.79. The van der Waals surface area contributed by atoms with Crippen molar-refractivity contribution >= 4 is 50.0 Å². The molecule has 0 saturated carbocycles. The Morgan fingerprint density at radius 2 is 1.72 bits per heavy atom. The van der Waals surface area contributed by atoms with Crippen LogP contribution in [0.15, 0.2) is 100 Å². The van der Waals surface area contributed by atoms with Crippen LogP contribution in [0.4, 0.5) is 16.2 Å². The Kier molecular flexibility index (Phi) is 8.15. The lowest BCUT2D eigenvalue weighted by Gasteiger charge is -2.21. The van der Waals surface area contributed by atoms with Gasteiger partial charge in [0.05, 0.1) is 24.6 Å². The van der Waals surface area contributed by atoms with E-state index < -0.39 is 0 Å². The molecule has 0 atom stereocenters. The van der Waals surface area contributed by atoms with Crippen LogP contribution in [0.5, 0.6) is 5.75 Å². The zero-order valence-corrected chi connectivity index (χ0v) is 26.8. The molecular weight excluding hydrogens is 646 g/mol. The number of hydrogen-bond acceptors (Lipinski definition) is 6. The van der Waals surface area contributed by atoms with E-state index in [2.05, 4.69) is 59.9 Å². The molecule has 1 aliphatic rings. The Hall–Kier alpha value is -5.16. The SMILES string of the molecule is COc1ccc(CNC(=O)Nc2cccc(Cn3c(=O)c4ccccc4n4c(-c5cc(Br)ccc5N5CCCC5)nnc34)c2)cc1. The zero-order valence-electron chi connectivity index (χ0n) is 25.2. The van der Waals surface area contributed by atoms with E-state index in [4.69, 9.17) is 4.74 Å². The summed E-state index contributed by atoms with van der Waals surface area (Å²) in [6.07, 6.45) is 2.30. The van der Waals surface area contributed by atoms with Crippen LogP contribution < -0.4 is 25.8 Å². The van der Waals surface area contributed by atoms with Gasteiger partial charge in [-0.15, -0.1) is 10.2 Å². The number of anilines is 2. The first-order valence-corrected chi connectivity index (χ1v) is 16.0. The van der Waals surface area contributed by atoms with Crippen LogP contribution in [-0.4, -0.2) is 45.4 Å². The molecule has 0 spiro atoms. The van der Waals surface area contributed by atoms with Gasteiger partial charge in [0.25, 0.3) is 5.56 Å². The molecule has 7 rings (SSSR count). The third kappa shape index (κ3) is 5.81. The van der Waals surface area contributed by atoms with E-state index in [1.54, 1.807) is 11.7 Å². The Morgan fingerprint density at radius 1 is 0.913 bits per heavy atom. The number of aromatic nitrogens is 4. The van der Waals surface area contributed by atoms with Crippen molar-refractivity contribution in [3.63, 3.8) is 0 Å². The number of urea groups is 1. The lowest BCUT2D eigenvalue weighted by Crippen LogP contribution is -2.28. The summed E-state index contributed by atoms with van der Waals surface area (Å²) in [5.41, 5.74) is 5.03. The van der Waals surface area contributed by atoms with Crippen LogP contribution in [0, 0.1) is 0 Å². The van der Waals surface area contributed by atoms with Crippen LogP contribution in [0.1, 0.15) is 24.0 Å². The van der Waals surface area contributed by atoms with Gasteiger partial charge in [-0.2, -0.15) is 0 Å². The first-order chi connectivity index (χ1) is 22.5. The number of para-hydroxylation sites is 1. The van der Waals surface area contributed by atoms with Gasteiger partial charge in [-0.3, -0.25) is 13.8 Å². The monoisotopic (exact) mass is 677 g/mol. The summed E-state index contributed by atoms with van der Waals surface area (Å²) in [4.78, 5) is 29.0. The number of carbonyl (C=O) groups excluding carboxylic acids is 1. The Labute approximate surface area is 273 Å². The maximum absolute atomic E-state index is 13.9. The maximum atomic E-state index is 13.9. The minimum Gasteiger partial charge on any atom is -0.497 e. The molecule has 46 heavy (non-hydrogen) atoms. The molecule has 0 unspecified atom stereocenters. The molecule has 0 aliphatic carbocycles. The van der Waals surface area contributed by atoms with E-state index in [0.29, 0.717) is 29.2 Å². The maximum Gasteiger partial charge on any atom is 0.319 e. The highest BCUT2D eigenvalue weighted by Gasteiger charge is 2.23. The van der Waals surface area contributed by atoms with Gasteiger partial charge >= 0.3 is 6.03 Å². The summed E-state index contributed by atoms with van der Waals surface area (Å²) in [5.74, 6) is 1.88. The average molecular weight is 679 g/mol. The number of amides is 2. The second-order valence-electron chi connectivity index (χ2n) is 11.3. The van der Waals surface area contributed by atoms with E-state index in [1.165, 1.54) is 0 Å². The molecule has 2 amide bonds. The smallest absolute Gasteiger partial charge is 0.319 e. The van der Waals surface area contributed by atoms with Crippen LogP contribution in [-0.2, 0) is 13.1 Å². The van der Waals surface area contributed by atoms with Gasteiger partial charge in [-0.1, -0.05) is 52.3 Å². The van der Waals surface area contributed by atoms with Crippen molar-refractivity contribution in [3.05, 3.63) is 117 Å². The number of nitrogens with zero attached hydrogens (tertiary/aromatic N) is 5. The molecule has 1 saturated heterocycles. The topological polar surface area (TPSA) is 106 Å². The highest BCUT2D eigenvalue weighted by molar-refractivity contribution is 9.10. The number of carbonyl (C=O) groups is 1. The fraction of sp³-hybridized carbons (Fsp3) is 0.200. The molecule has 1 aliphatic heterocycles. The normalized spacial score (nSPS) is 13.0. The van der Waals surface area contributed by atoms with Gasteiger partial charge in [-0.05, 0) is 78.6 Å². The van der Waals surface area contributed by atoms with Crippen LogP contribution in [0.2, 0.25) is 0 Å². The van der Waals surface area contributed by atoms with Crippen LogP contribution in [0.3, 0.4) is 0 Å². The lowest BCUT2D eigenvalue weighted by molar-refractivity contribution is 0.251. The van der Waals surface area contributed by atoms with E-state index >= 15 is 0 Å². The van der Waals surface area contributed by atoms with Crippen LogP contribution in [0.25, 0.3) is 28.1 Å². The molecule has 10 nitrogen and oxygen atoms in total.